The Morgan fingerprint density at radius 3 is 2.45 bits per heavy atom. The molecule has 174 valence electrons. The summed E-state index contributed by atoms with van der Waals surface area (Å²) in [7, 11) is 0. The van der Waals surface area contributed by atoms with E-state index < -0.39 is 0 Å². The molecule has 1 saturated heterocycles. The number of benzene rings is 2. The molecule has 2 unspecified atom stereocenters. The minimum absolute atomic E-state index is 0.00860. The van der Waals surface area contributed by atoms with Crippen molar-refractivity contribution in [2.75, 3.05) is 19.6 Å². The van der Waals surface area contributed by atoms with Gasteiger partial charge in [0.2, 0.25) is 5.91 Å². The van der Waals surface area contributed by atoms with Crippen molar-refractivity contribution < 1.29 is 4.79 Å². The number of fused-ring (bicyclic) bond motifs is 1. The number of amides is 1. The molecule has 1 fully saturated rings. The third kappa shape index (κ3) is 4.62. The predicted octanol–water partition coefficient (Wildman–Crippen LogP) is 4.79. The molecular formula is C26H31BrN4O2. The number of hydrogen-bond donors (Lipinski definition) is 0. The molecular weight excluding hydrogens is 480 g/mol. The Morgan fingerprint density at radius 1 is 1.12 bits per heavy atom. The first kappa shape index (κ1) is 23.6. The second-order valence-electron chi connectivity index (χ2n) is 9.06. The summed E-state index contributed by atoms with van der Waals surface area (Å²) in [5, 5.41) is 0.611. The van der Waals surface area contributed by atoms with E-state index in [0.29, 0.717) is 17.4 Å². The lowest BCUT2D eigenvalue weighted by Gasteiger charge is -2.43. The van der Waals surface area contributed by atoms with Gasteiger partial charge in [-0.3, -0.25) is 19.1 Å². The summed E-state index contributed by atoms with van der Waals surface area (Å²) in [5.74, 6) is 0.941. The predicted molar refractivity (Wildman–Crippen MR) is 136 cm³/mol. The summed E-state index contributed by atoms with van der Waals surface area (Å²) >= 11 is 3.49. The fourth-order valence-electron chi connectivity index (χ4n) is 4.75. The van der Waals surface area contributed by atoms with Gasteiger partial charge in [0.1, 0.15) is 5.82 Å². The smallest absolute Gasteiger partial charge is 0.266 e. The molecule has 1 aromatic heterocycles. The van der Waals surface area contributed by atoms with E-state index in [0.717, 1.165) is 35.5 Å². The second kappa shape index (κ2) is 9.77. The highest BCUT2D eigenvalue weighted by atomic mass is 79.9. The molecule has 6 nitrogen and oxygen atoms in total. The van der Waals surface area contributed by atoms with Gasteiger partial charge in [0.15, 0.2) is 0 Å². The molecule has 7 heteroatoms. The van der Waals surface area contributed by atoms with Gasteiger partial charge in [0, 0.05) is 36.1 Å². The third-order valence-corrected chi connectivity index (χ3v) is 6.98. The Labute approximate surface area is 203 Å². The molecule has 3 aromatic rings. The quantitative estimate of drug-likeness (QED) is 0.495. The fourth-order valence-corrected chi connectivity index (χ4v) is 5.01. The molecule has 1 aliphatic rings. The molecule has 1 amide bonds. The van der Waals surface area contributed by atoms with Gasteiger partial charge in [-0.25, -0.2) is 4.98 Å². The van der Waals surface area contributed by atoms with Gasteiger partial charge in [0.05, 0.1) is 22.6 Å². The Bertz CT molecular complexity index is 1210. The van der Waals surface area contributed by atoms with Gasteiger partial charge >= 0.3 is 0 Å². The van der Waals surface area contributed by atoms with Gasteiger partial charge in [-0.2, -0.15) is 0 Å². The van der Waals surface area contributed by atoms with Crippen LogP contribution in [0.2, 0.25) is 0 Å². The van der Waals surface area contributed by atoms with Crippen molar-refractivity contribution in [2.45, 2.75) is 46.2 Å². The van der Waals surface area contributed by atoms with Crippen molar-refractivity contribution >= 4 is 32.7 Å². The van der Waals surface area contributed by atoms with E-state index >= 15 is 0 Å². The summed E-state index contributed by atoms with van der Waals surface area (Å²) in [6.07, 6.45) is 0.812. The zero-order chi connectivity index (χ0) is 23.7. The summed E-state index contributed by atoms with van der Waals surface area (Å²) < 4.78 is 2.72. The number of piperazine rings is 1. The van der Waals surface area contributed by atoms with E-state index in [1.807, 2.05) is 67.3 Å². The zero-order valence-electron chi connectivity index (χ0n) is 19.7. The maximum Gasteiger partial charge on any atom is 0.266 e. The van der Waals surface area contributed by atoms with Crippen molar-refractivity contribution in [1.29, 1.82) is 0 Å². The topological polar surface area (TPSA) is 58.4 Å². The molecule has 0 bridgehead atoms. The van der Waals surface area contributed by atoms with Crippen LogP contribution in [-0.4, -0.2) is 50.9 Å². The Hall–Kier alpha value is -2.51. The molecule has 0 radical (unpaired) electrons. The first-order valence-electron chi connectivity index (χ1n) is 11.6. The SMILES string of the molecule is CCC(c1nc2ccccc2c(=O)n1-c1ccc(Br)cc1)N1CCN(C(=O)C(C)C)C(C)C1. The first-order chi connectivity index (χ1) is 15.8. The monoisotopic (exact) mass is 510 g/mol. The van der Waals surface area contributed by atoms with Gasteiger partial charge in [-0.15, -0.1) is 0 Å². The molecule has 4 rings (SSSR count). The van der Waals surface area contributed by atoms with Crippen LogP contribution in [0.3, 0.4) is 0 Å². The highest BCUT2D eigenvalue weighted by Crippen LogP contribution is 2.29. The van der Waals surface area contributed by atoms with Crippen molar-refractivity contribution in [1.82, 2.24) is 19.4 Å². The van der Waals surface area contributed by atoms with Crippen LogP contribution in [0.5, 0.6) is 0 Å². The molecule has 0 N–H and O–H groups in total. The molecule has 2 atom stereocenters. The number of nitrogens with zero attached hydrogens (tertiary/aromatic N) is 4. The summed E-state index contributed by atoms with van der Waals surface area (Å²) in [4.78, 5) is 35.7. The van der Waals surface area contributed by atoms with Crippen LogP contribution in [0.25, 0.3) is 16.6 Å². The van der Waals surface area contributed by atoms with Crippen molar-refractivity contribution in [3.63, 3.8) is 0 Å². The number of hydrogen-bond acceptors (Lipinski definition) is 4. The number of rotatable bonds is 5. The zero-order valence-corrected chi connectivity index (χ0v) is 21.2. The minimum atomic E-state index is -0.0574. The van der Waals surface area contributed by atoms with E-state index in [4.69, 9.17) is 4.98 Å². The normalized spacial score (nSPS) is 18.1. The Balaban J connectivity index is 1.79. The lowest BCUT2D eigenvalue weighted by Crippen LogP contribution is -2.55. The fraction of sp³-hybridized carbons (Fsp3) is 0.423. The average molecular weight is 511 g/mol. The Morgan fingerprint density at radius 2 is 1.82 bits per heavy atom. The van der Waals surface area contributed by atoms with Crippen LogP contribution in [-0.2, 0) is 4.79 Å². The van der Waals surface area contributed by atoms with Crippen molar-refractivity contribution in [2.24, 2.45) is 5.92 Å². The van der Waals surface area contributed by atoms with E-state index in [-0.39, 0.29) is 29.5 Å². The molecule has 1 aliphatic heterocycles. The molecule has 0 aliphatic carbocycles. The first-order valence-corrected chi connectivity index (χ1v) is 12.4. The van der Waals surface area contributed by atoms with Crippen molar-refractivity contribution in [3.8, 4) is 5.69 Å². The maximum absolute atomic E-state index is 13.7. The molecule has 0 saturated carbocycles. The Kier molecular flexibility index (Phi) is 7.00. The lowest BCUT2D eigenvalue weighted by molar-refractivity contribution is -0.139. The number of halogens is 1. The largest absolute Gasteiger partial charge is 0.337 e. The van der Waals surface area contributed by atoms with E-state index in [9.17, 15) is 9.59 Å². The number of carbonyl (C=O) groups is 1. The van der Waals surface area contributed by atoms with Crippen LogP contribution < -0.4 is 5.56 Å². The van der Waals surface area contributed by atoms with Gasteiger partial charge < -0.3 is 4.90 Å². The maximum atomic E-state index is 13.7. The highest BCUT2D eigenvalue weighted by molar-refractivity contribution is 9.10. The minimum Gasteiger partial charge on any atom is -0.337 e. The van der Waals surface area contributed by atoms with Gasteiger partial charge in [-0.05, 0) is 49.7 Å². The van der Waals surface area contributed by atoms with E-state index in [1.165, 1.54) is 0 Å². The molecule has 33 heavy (non-hydrogen) atoms. The highest BCUT2D eigenvalue weighted by Gasteiger charge is 2.33. The third-order valence-electron chi connectivity index (χ3n) is 6.45. The number of carbonyl (C=O) groups excluding carboxylic acids is 1. The summed E-state index contributed by atoms with van der Waals surface area (Å²) in [5.41, 5.74) is 1.46. The standard InChI is InChI=1S/C26H31BrN4O2/c1-5-23(29-14-15-30(18(4)16-29)25(32)17(2)3)24-28-22-9-7-6-8-21(22)26(33)31(24)20-12-10-19(27)11-13-20/h6-13,17-18,23H,5,14-16H2,1-4H3. The number of aromatic nitrogens is 2. The van der Waals surface area contributed by atoms with E-state index in [2.05, 4.69) is 34.7 Å². The van der Waals surface area contributed by atoms with Crippen LogP contribution in [0, 0.1) is 5.92 Å². The second-order valence-corrected chi connectivity index (χ2v) is 9.97. The summed E-state index contributed by atoms with van der Waals surface area (Å²) in [6, 6.07) is 15.4. The summed E-state index contributed by atoms with van der Waals surface area (Å²) in [6.45, 7) is 10.3. The van der Waals surface area contributed by atoms with Gasteiger partial charge in [0.25, 0.3) is 5.56 Å². The van der Waals surface area contributed by atoms with Crippen LogP contribution in [0.1, 0.15) is 46.0 Å². The van der Waals surface area contributed by atoms with Crippen LogP contribution in [0.4, 0.5) is 0 Å². The van der Waals surface area contributed by atoms with Crippen LogP contribution >= 0.6 is 15.9 Å². The average Bonchev–Trinajstić information content (AvgIpc) is 2.80. The lowest BCUT2D eigenvalue weighted by atomic mass is 10.0. The van der Waals surface area contributed by atoms with Gasteiger partial charge in [-0.1, -0.05) is 48.8 Å². The van der Waals surface area contributed by atoms with Crippen molar-refractivity contribution in [3.05, 3.63) is 69.2 Å². The molecule has 2 heterocycles. The molecule has 0 spiro atoms. The number of para-hydroxylation sites is 1. The molecule has 2 aromatic carbocycles. The van der Waals surface area contributed by atoms with E-state index in [1.54, 1.807) is 4.57 Å². The van der Waals surface area contributed by atoms with Crippen LogP contribution in [0.15, 0.2) is 57.8 Å².